The number of rotatable bonds is 5. The van der Waals surface area contributed by atoms with E-state index in [1.54, 1.807) is 0 Å². The molecule has 1 aromatic carbocycles. The molecule has 26 heavy (non-hydrogen) atoms. The molecule has 1 heterocycles. The minimum absolute atomic E-state index is 0.0610. The van der Waals surface area contributed by atoms with Gasteiger partial charge in [-0.2, -0.15) is 0 Å². The van der Waals surface area contributed by atoms with Gasteiger partial charge in [0.25, 0.3) is 5.56 Å². The lowest BCUT2D eigenvalue weighted by Crippen LogP contribution is -2.43. The number of Topliss-reactive ketones (excluding diaryl/α,β-unsaturated/α-hetero) is 1. The Morgan fingerprint density at radius 3 is 2.23 bits per heavy atom. The molecule has 1 aromatic heterocycles. The number of anilines is 1. The van der Waals surface area contributed by atoms with Crippen LogP contribution in [0.3, 0.4) is 0 Å². The van der Waals surface area contributed by atoms with Crippen LogP contribution in [0.5, 0.6) is 0 Å². The Bertz CT molecular complexity index is 921. The van der Waals surface area contributed by atoms with Crippen LogP contribution >= 0.6 is 0 Å². The van der Waals surface area contributed by atoms with Crippen molar-refractivity contribution in [1.82, 2.24) is 14.5 Å². The summed E-state index contributed by atoms with van der Waals surface area (Å²) >= 11 is 0. The lowest BCUT2D eigenvalue weighted by Gasteiger charge is -2.32. The molecule has 2 rings (SSSR count). The molecule has 1 unspecified atom stereocenters. The van der Waals surface area contributed by atoms with E-state index < -0.39 is 17.0 Å². The van der Waals surface area contributed by atoms with Gasteiger partial charge in [0.15, 0.2) is 5.78 Å². The molecular formula is C19H26N4O3. The van der Waals surface area contributed by atoms with Crippen molar-refractivity contribution in [3.63, 3.8) is 0 Å². The molecule has 7 nitrogen and oxygen atoms in total. The summed E-state index contributed by atoms with van der Waals surface area (Å²) < 4.78 is 2.00. The highest BCUT2D eigenvalue weighted by atomic mass is 16.2. The van der Waals surface area contributed by atoms with Crippen LogP contribution in [0.25, 0.3) is 0 Å². The number of hydrogen-bond acceptors (Lipinski definition) is 5. The van der Waals surface area contributed by atoms with Gasteiger partial charge in [0, 0.05) is 20.1 Å². The monoisotopic (exact) mass is 358 g/mol. The SMILES string of the molecule is Cn1c(N)c(C(=O)CNC(c2ccccc2)C(C)(C)C)c(=O)n(C)c1=O. The predicted octanol–water partition coefficient (Wildman–Crippen LogP) is 1.23. The molecule has 7 heteroatoms. The van der Waals surface area contributed by atoms with Crippen molar-refractivity contribution in [2.75, 3.05) is 12.3 Å². The summed E-state index contributed by atoms with van der Waals surface area (Å²) in [4.78, 5) is 36.9. The van der Waals surface area contributed by atoms with Gasteiger partial charge >= 0.3 is 5.69 Å². The molecule has 0 bridgehead atoms. The first-order valence-corrected chi connectivity index (χ1v) is 8.42. The second-order valence-electron chi connectivity index (χ2n) is 7.48. The third-order valence-corrected chi connectivity index (χ3v) is 4.45. The van der Waals surface area contributed by atoms with Crippen LogP contribution in [0.1, 0.15) is 42.7 Å². The van der Waals surface area contributed by atoms with Crippen molar-refractivity contribution in [3.8, 4) is 0 Å². The Kier molecular flexibility index (Phi) is 5.51. The number of carbonyl (C=O) groups is 1. The smallest absolute Gasteiger partial charge is 0.332 e. The Hall–Kier alpha value is -2.67. The van der Waals surface area contributed by atoms with Crippen molar-refractivity contribution >= 4 is 11.6 Å². The predicted molar refractivity (Wildman–Crippen MR) is 102 cm³/mol. The van der Waals surface area contributed by atoms with Crippen LogP contribution in [0.2, 0.25) is 0 Å². The minimum Gasteiger partial charge on any atom is -0.384 e. The zero-order valence-corrected chi connectivity index (χ0v) is 15.9. The number of benzene rings is 1. The Labute approximate surface area is 152 Å². The van der Waals surface area contributed by atoms with Crippen LogP contribution in [-0.2, 0) is 14.1 Å². The molecule has 0 fully saturated rings. The molecular weight excluding hydrogens is 332 g/mol. The van der Waals surface area contributed by atoms with Crippen molar-refractivity contribution in [3.05, 3.63) is 62.3 Å². The molecule has 1 atom stereocenters. The standard InChI is InChI=1S/C19H26N4O3/c1-19(2,3)15(12-9-7-6-8-10-12)21-11-13(24)14-16(20)22(4)18(26)23(5)17(14)25/h6-10,15,21H,11,20H2,1-5H3. The molecule has 0 saturated carbocycles. The maximum absolute atomic E-state index is 12.7. The highest BCUT2D eigenvalue weighted by Crippen LogP contribution is 2.32. The number of nitrogens with zero attached hydrogens (tertiary/aromatic N) is 2. The first kappa shape index (κ1) is 19.7. The summed E-state index contributed by atoms with van der Waals surface area (Å²) in [7, 11) is 2.76. The largest absolute Gasteiger partial charge is 0.384 e. The van der Waals surface area contributed by atoms with Gasteiger partial charge in [0.1, 0.15) is 11.4 Å². The summed E-state index contributed by atoms with van der Waals surface area (Å²) in [6, 6.07) is 9.71. The molecule has 0 aliphatic rings. The van der Waals surface area contributed by atoms with Gasteiger partial charge in [-0.1, -0.05) is 51.1 Å². The fraction of sp³-hybridized carbons (Fsp3) is 0.421. The normalized spacial score (nSPS) is 12.8. The van der Waals surface area contributed by atoms with E-state index >= 15 is 0 Å². The molecule has 0 spiro atoms. The fourth-order valence-electron chi connectivity index (χ4n) is 2.97. The van der Waals surface area contributed by atoms with Gasteiger partial charge in [-0.3, -0.25) is 18.7 Å². The number of nitrogen functional groups attached to an aromatic ring is 1. The van der Waals surface area contributed by atoms with Crippen LogP contribution in [0.15, 0.2) is 39.9 Å². The van der Waals surface area contributed by atoms with Gasteiger partial charge in [0.2, 0.25) is 0 Å². The summed E-state index contributed by atoms with van der Waals surface area (Å²) in [5, 5.41) is 3.24. The van der Waals surface area contributed by atoms with Crippen molar-refractivity contribution in [2.24, 2.45) is 19.5 Å². The van der Waals surface area contributed by atoms with E-state index in [1.807, 2.05) is 30.3 Å². The van der Waals surface area contributed by atoms with E-state index in [9.17, 15) is 14.4 Å². The average Bonchev–Trinajstić information content (AvgIpc) is 2.58. The molecule has 2 aromatic rings. The van der Waals surface area contributed by atoms with Gasteiger partial charge < -0.3 is 11.1 Å². The zero-order chi connectivity index (χ0) is 19.6. The fourth-order valence-corrected chi connectivity index (χ4v) is 2.97. The molecule has 3 N–H and O–H groups in total. The second-order valence-corrected chi connectivity index (χ2v) is 7.48. The molecule has 0 aliphatic carbocycles. The van der Waals surface area contributed by atoms with E-state index in [1.165, 1.54) is 14.1 Å². The third-order valence-electron chi connectivity index (χ3n) is 4.45. The van der Waals surface area contributed by atoms with Gasteiger partial charge in [0.05, 0.1) is 6.54 Å². The first-order valence-electron chi connectivity index (χ1n) is 8.42. The first-order chi connectivity index (χ1) is 12.1. The lowest BCUT2D eigenvalue weighted by atomic mass is 9.82. The number of nitrogens with two attached hydrogens (primary N) is 1. The highest BCUT2D eigenvalue weighted by Gasteiger charge is 2.27. The van der Waals surface area contributed by atoms with E-state index in [4.69, 9.17) is 5.73 Å². The lowest BCUT2D eigenvalue weighted by molar-refractivity contribution is 0.0977. The average molecular weight is 358 g/mol. The molecule has 0 radical (unpaired) electrons. The van der Waals surface area contributed by atoms with Crippen molar-refractivity contribution in [1.29, 1.82) is 0 Å². The van der Waals surface area contributed by atoms with E-state index in [0.29, 0.717) is 0 Å². The maximum Gasteiger partial charge on any atom is 0.332 e. The summed E-state index contributed by atoms with van der Waals surface area (Å²) in [5.74, 6) is -0.555. The van der Waals surface area contributed by atoms with E-state index in [-0.39, 0.29) is 29.4 Å². The van der Waals surface area contributed by atoms with Crippen LogP contribution in [0, 0.1) is 5.41 Å². The number of hydrogen-bond donors (Lipinski definition) is 2. The van der Waals surface area contributed by atoms with E-state index in [0.717, 1.165) is 14.7 Å². The van der Waals surface area contributed by atoms with Crippen LogP contribution in [-0.4, -0.2) is 21.5 Å². The Morgan fingerprint density at radius 1 is 1.12 bits per heavy atom. The van der Waals surface area contributed by atoms with Crippen molar-refractivity contribution in [2.45, 2.75) is 26.8 Å². The molecule has 140 valence electrons. The minimum atomic E-state index is -0.676. The van der Waals surface area contributed by atoms with E-state index in [2.05, 4.69) is 26.1 Å². The number of nitrogens with one attached hydrogen (secondary N) is 1. The second kappa shape index (κ2) is 7.29. The molecule has 0 aliphatic heterocycles. The van der Waals surface area contributed by atoms with Crippen molar-refractivity contribution < 1.29 is 4.79 Å². The quantitative estimate of drug-likeness (QED) is 0.783. The highest BCUT2D eigenvalue weighted by molar-refractivity contribution is 6.01. The topological polar surface area (TPSA) is 99.1 Å². The summed E-state index contributed by atoms with van der Waals surface area (Å²) in [6.07, 6.45) is 0. The maximum atomic E-state index is 12.7. The molecule has 0 saturated heterocycles. The number of aromatic nitrogens is 2. The van der Waals surface area contributed by atoms with Crippen LogP contribution < -0.4 is 22.3 Å². The number of carbonyl (C=O) groups excluding carboxylic acids is 1. The summed E-state index contributed by atoms with van der Waals surface area (Å²) in [6.45, 7) is 6.15. The van der Waals surface area contributed by atoms with Gasteiger partial charge in [-0.05, 0) is 11.0 Å². The van der Waals surface area contributed by atoms with Gasteiger partial charge in [-0.15, -0.1) is 0 Å². The summed E-state index contributed by atoms with van der Waals surface area (Å²) in [5.41, 5.74) is 5.36. The molecule has 0 amide bonds. The third kappa shape index (κ3) is 3.77. The van der Waals surface area contributed by atoms with Gasteiger partial charge in [-0.25, -0.2) is 4.79 Å². The number of ketones is 1. The zero-order valence-electron chi connectivity index (χ0n) is 15.9. The Balaban J connectivity index is 2.33. The van der Waals surface area contributed by atoms with Crippen LogP contribution in [0.4, 0.5) is 5.82 Å². The Morgan fingerprint density at radius 2 is 1.69 bits per heavy atom.